The van der Waals surface area contributed by atoms with E-state index in [-0.39, 0.29) is 5.82 Å². The first-order valence-electron chi connectivity index (χ1n) is 5.20. The van der Waals surface area contributed by atoms with Crippen molar-refractivity contribution in [3.8, 4) is 0 Å². The number of ether oxygens (including phenoxy) is 1. The molecule has 0 radical (unpaired) electrons. The third kappa shape index (κ3) is 1.28. The van der Waals surface area contributed by atoms with Gasteiger partial charge < -0.3 is 10.1 Å². The number of carbonyl (C=O) groups is 1. The molecule has 16 heavy (non-hydrogen) atoms. The van der Waals surface area contributed by atoms with E-state index in [9.17, 15) is 9.18 Å². The Morgan fingerprint density at radius 2 is 2.31 bits per heavy atom. The third-order valence-corrected chi connectivity index (χ3v) is 3.11. The maximum atomic E-state index is 13.1. The molecule has 0 bridgehead atoms. The normalized spacial score (nSPS) is 27.4. The van der Waals surface area contributed by atoms with Crippen molar-refractivity contribution < 1.29 is 13.9 Å². The smallest absolute Gasteiger partial charge is 0.412 e. The molecule has 1 aromatic rings. The lowest BCUT2D eigenvalue weighted by molar-refractivity contribution is 0.0277. The summed E-state index contributed by atoms with van der Waals surface area (Å²) in [7, 11) is 0. The van der Waals surface area contributed by atoms with Gasteiger partial charge in [-0.2, -0.15) is 0 Å². The van der Waals surface area contributed by atoms with Crippen LogP contribution in [0.1, 0.15) is 12.0 Å². The van der Waals surface area contributed by atoms with E-state index in [2.05, 4.69) is 10.6 Å². The molecule has 1 atom stereocenters. The summed E-state index contributed by atoms with van der Waals surface area (Å²) in [4.78, 5) is 11.4. The fourth-order valence-corrected chi connectivity index (χ4v) is 2.37. The maximum Gasteiger partial charge on any atom is 0.412 e. The Bertz CT molecular complexity index is 455. The van der Waals surface area contributed by atoms with Crippen LogP contribution in [0.15, 0.2) is 18.2 Å². The lowest BCUT2D eigenvalue weighted by atomic mass is 9.90. The molecule has 1 amide bonds. The van der Waals surface area contributed by atoms with Crippen LogP contribution in [0.4, 0.5) is 14.9 Å². The van der Waals surface area contributed by atoms with E-state index < -0.39 is 11.7 Å². The predicted molar refractivity (Wildman–Crippen MR) is 55.7 cm³/mol. The van der Waals surface area contributed by atoms with Crippen LogP contribution in [-0.2, 0) is 10.3 Å². The molecule has 0 aromatic heterocycles. The van der Waals surface area contributed by atoms with Gasteiger partial charge in [0.2, 0.25) is 0 Å². The van der Waals surface area contributed by atoms with Gasteiger partial charge in [0.1, 0.15) is 5.82 Å². The molecule has 5 heteroatoms. The van der Waals surface area contributed by atoms with Gasteiger partial charge in [-0.05, 0) is 24.7 Å². The van der Waals surface area contributed by atoms with Gasteiger partial charge in [0, 0.05) is 18.5 Å². The monoisotopic (exact) mass is 222 g/mol. The number of nitrogens with one attached hydrogen (secondary N) is 2. The van der Waals surface area contributed by atoms with Gasteiger partial charge in [0.05, 0.1) is 5.69 Å². The zero-order valence-corrected chi connectivity index (χ0v) is 8.55. The highest BCUT2D eigenvalue weighted by Crippen LogP contribution is 2.40. The molecular weight excluding hydrogens is 211 g/mol. The van der Waals surface area contributed by atoms with Gasteiger partial charge in [0.15, 0.2) is 5.60 Å². The van der Waals surface area contributed by atoms with Crippen LogP contribution in [-0.4, -0.2) is 19.2 Å². The lowest BCUT2D eigenvalue weighted by Crippen LogP contribution is -2.41. The predicted octanol–water partition coefficient (Wildman–Crippen LogP) is 1.58. The van der Waals surface area contributed by atoms with E-state index in [4.69, 9.17) is 4.74 Å². The number of anilines is 1. The van der Waals surface area contributed by atoms with Gasteiger partial charge in [-0.3, -0.25) is 5.32 Å². The number of benzene rings is 1. The van der Waals surface area contributed by atoms with Gasteiger partial charge in [-0.15, -0.1) is 0 Å². The fourth-order valence-electron chi connectivity index (χ4n) is 2.37. The molecule has 1 spiro atoms. The van der Waals surface area contributed by atoms with E-state index in [1.165, 1.54) is 12.1 Å². The van der Waals surface area contributed by atoms with Crippen molar-refractivity contribution in [3.05, 3.63) is 29.6 Å². The minimum absolute atomic E-state index is 0.359. The van der Waals surface area contributed by atoms with E-state index in [1.807, 2.05) is 0 Å². The molecule has 2 N–H and O–H groups in total. The summed E-state index contributed by atoms with van der Waals surface area (Å²) in [5.41, 5.74) is 0.740. The van der Waals surface area contributed by atoms with Crippen molar-refractivity contribution in [3.63, 3.8) is 0 Å². The molecule has 1 fully saturated rings. The molecule has 1 unspecified atom stereocenters. The quantitative estimate of drug-likeness (QED) is 0.700. The van der Waals surface area contributed by atoms with Crippen LogP contribution < -0.4 is 10.6 Å². The van der Waals surface area contributed by atoms with E-state index in [0.29, 0.717) is 12.2 Å². The van der Waals surface area contributed by atoms with E-state index in [1.54, 1.807) is 6.07 Å². The van der Waals surface area contributed by atoms with Crippen molar-refractivity contribution in [2.75, 3.05) is 18.4 Å². The summed E-state index contributed by atoms with van der Waals surface area (Å²) in [6.45, 7) is 1.38. The number of fused-ring (bicyclic) bond motifs is 2. The SMILES string of the molecule is O=C1Nc2cc(F)ccc2C2(CCNC2)O1. The summed E-state index contributed by atoms with van der Waals surface area (Å²) in [6, 6.07) is 4.40. The summed E-state index contributed by atoms with van der Waals surface area (Å²) in [6.07, 6.45) is 0.209. The highest BCUT2D eigenvalue weighted by atomic mass is 19.1. The Hall–Kier alpha value is -1.62. The highest BCUT2D eigenvalue weighted by molar-refractivity contribution is 5.89. The fraction of sp³-hybridized carbons (Fsp3) is 0.364. The first kappa shape index (κ1) is 9.59. The Kier molecular flexibility index (Phi) is 1.91. The third-order valence-electron chi connectivity index (χ3n) is 3.11. The molecule has 2 aliphatic rings. The number of carbonyl (C=O) groups excluding carboxylic acids is 1. The average molecular weight is 222 g/mol. The number of hydrogen-bond donors (Lipinski definition) is 2. The van der Waals surface area contributed by atoms with Gasteiger partial charge in [-0.1, -0.05) is 0 Å². The zero-order chi connectivity index (χ0) is 11.2. The highest BCUT2D eigenvalue weighted by Gasteiger charge is 2.44. The molecule has 4 nitrogen and oxygen atoms in total. The number of amides is 1. The molecule has 0 aliphatic carbocycles. The van der Waals surface area contributed by atoms with Crippen LogP contribution in [0.2, 0.25) is 0 Å². The van der Waals surface area contributed by atoms with Crippen LogP contribution in [0.3, 0.4) is 0 Å². The van der Waals surface area contributed by atoms with Gasteiger partial charge in [-0.25, -0.2) is 9.18 Å². The Morgan fingerprint density at radius 3 is 3.06 bits per heavy atom. The molecule has 0 saturated carbocycles. The molecule has 2 heterocycles. The first-order valence-corrected chi connectivity index (χ1v) is 5.20. The van der Waals surface area contributed by atoms with Crippen LogP contribution in [0.5, 0.6) is 0 Å². The summed E-state index contributed by atoms with van der Waals surface area (Å²) >= 11 is 0. The first-order chi connectivity index (χ1) is 7.70. The number of hydrogen-bond acceptors (Lipinski definition) is 3. The number of halogens is 1. The van der Waals surface area contributed by atoms with E-state index in [0.717, 1.165) is 18.5 Å². The van der Waals surface area contributed by atoms with Crippen LogP contribution in [0, 0.1) is 5.82 Å². The van der Waals surface area contributed by atoms with E-state index >= 15 is 0 Å². The Labute approximate surface area is 91.8 Å². The average Bonchev–Trinajstić information content (AvgIpc) is 2.65. The Balaban J connectivity index is 2.14. The second kappa shape index (κ2) is 3.18. The second-order valence-electron chi connectivity index (χ2n) is 4.13. The topological polar surface area (TPSA) is 50.4 Å². The molecule has 1 saturated heterocycles. The standard InChI is InChI=1S/C11H11FN2O2/c12-7-1-2-8-9(5-7)14-10(15)16-11(8)3-4-13-6-11/h1-2,5,13H,3-4,6H2,(H,14,15). The molecule has 1 aromatic carbocycles. The summed E-state index contributed by atoms with van der Waals surface area (Å²) in [5.74, 6) is -0.359. The van der Waals surface area contributed by atoms with Gasteiger partial charge in [0.25, 0.3) is 0 Å². The molecule has 3 rings (SSSR count). The van der Waals surface area contributed by atoms with Crippen LogP contribution >= 0.6 is 0 Å². The van der Waals surface area contributed by atoms with Crippen molar-refractivity contribution in [1.82, 2.24) is 5.32 Å². The number of rotatable bonds is 0. The van der Waals surface area contributed by atoms with Crippen LogP contribution in [0.25, 0.3) is 0 Å². The largest absolute Gasteiger partial charge is 0.436 e. The lowest BCUT2D eigenvalue weighted by Gasteiger charge is -2.34. The molecule has 2 aliphatic heterocycles. The Morgan fingerprint density at radius 1 is 1.44 bits per heavy atom. The van der Waals surface area contributed by atoms with Crippen molar-refractivity contribution in [1.29, 1.82) is 0 Å². The van der Waals surface area contributed by atoms with Crippen molar-refractivity contribution in [2.24, 2.45) is 0 Å². The van der Waals surface area contributed by atoms with Crippen molar-refractivity contribution >= 4 is 11.8 Å². The minimum Gasteiger partial charge on any atom is -0.436 e. The van der Waals surface area contributed by atoms with Gasteiger partial charge >= 0.3 is 6.09 Å². The van der Waals surface area contributed by atoms with Crippen molar-refractivity contribution in [2.45, 2.75) is 12.0 Å². The minimum atomic E-state index is -0.620. The summed E-state index contributed by atoms with van der Waals surface area (Å²) < 4.78 is 18.5. The summed E-state index contributed by atoms with van der Waals surface area (Å²) in [5, 5.41) is 5.68. The zero-order valence-electron chi connectivity index (χ0n) is 8.55. The molecular formula is C11H11FN2O2. The second-order valence-corrected chi connectivity index (χ2v) is 4.13. The maximum absolute atomic E-state index is 13.1. The molecule has 84 valence electrons.